The molecule has 1 aliphatic rings. The van der Waals surface area contributed by atoms with E-state index in [0.29, 0.717) is 17.2 Å². The van der Waals surface area contributed by atoms with Crippen LogP contribution < -0.4 is 10.9 Å². The largest absolute Gasteiger partial charge is 0.365 e. The molecule has 1 fully saturated rings. The van der Waals surface area contributed by atoms with Gasteiger partial charge in [-0.15, -0.1) is 10.2 Å². The Morgan fingerprint density at radius 3 is 2.78 bits per heavy atom. The van der Waals surface area contributed by atoms with E-state index in [0.717, 1.165) is 25.7 Å². The maximum Gasteiger partial charge on any atom is 0.267 e. The molecule has 1 N–H and O–H groups in total. The Hall–Kier alpha value is -3.61. The zero-order chi connectivity index (χ0) is 18.6. The summed E-state index contributed by atoms with van der Waals surface area (Å²) in [7, 11) is 0. The first kappa shape index (κ1) is 16.8. The van der Waals surface area contributed by atoms with Crippen LogP contribution in [0.1, 0.15) is 37.3 Å². The van der Waals surface area contributed by atoms with Crippen LogP contribution in [0.4, 0.5) is 5.82 Å². The minimum Gasteiger partial charge on any atom is -0.365 e. The van der Waals surface area contributed by atoms with Crippen LogP contribution in [0.5, 0.6) is 0 Å². The van der Waals surface area contributed by atoms with Crippen LogP contribution in [0, 0.1) is 11.3 Å². The van der Waals surface area contributed by atoms with Crippen LogP contribution in [0.15, 0.2) is 41.8 Å². The molecule has 0 bridgehead atoms. The highest BCUT2D eigenvalue weighted by molar-refractivity contribution is 5.50. The molecule has 0 aromatic carbocycles. The number of nitriles is 1. The van der Waals surface area contributed by atoms with Crippen LogP contribution in [-0.4, -0.2) is 40.8 Å². The molecule has 3 heterocycles. The lowest BCUT2D eigenvalue weighted by Crippen LogP contribution is -2.34. The fourth-order valence-electron chi connectivity index (χ4n) is 3.31. The second kappa shape index (κ2) is 7.33. The normalized spacial score (nSPS) is 19.4. The molecule has 10 heteroatoms. The van der Waals surface area contributed by atoms with Gasteiger partial charge in [0, 0.05) is 12.1 Å². The molecule has 0 unspecified atom stereocenters. The van der Waals surface area contributed by atoms with E-state index >= 15 is 0 Å². The van der Waals surface area contributed by atoms with Gasteiger partial charge in [0.15, 0.2) is 11.6 Å². The van der Waals surface area contributed by atoms with Crippen molar-refractivity contribution in [2.75, 3.05) is 5.32 Å². The van der Waals surface area contributed by atoms with Gasteiger partial charge in [-0.2, -0.15) is 15.5 Å². The summed E-state index contributed by atoms with van der Waals surface area (Å²) in [5.74, 6) is 1.07. The predicted octanol–water partition coefficient (Wildman–Crippen LogP) is 1.08. The van der Waals surface area contributed by atoms with Crippen molar-refractivity contribution in [1.82, 2.24) is 34.7 Å². The lowest BCUT2D eigenvalue weighted by molar-refractivity contribution is 0.302. The van der Waals surface area contributed by atoms with Crippen molar-refractivity contribution in [1.29, 1.82) is 5.26 Å². The van der Waals surface area contributed by atoms with Gasteiger partial charge < -0.3 is 5.32 Å². The SMILES string of the molecule is N#Cc1ccnnc1NC1CCC(n2nc(-n3cncn3)ccc2=O)CC1. The van der Waals surface area contributed by atoms with Gasteiger partial charge in [0.05, 0.1) is 17.8 Å². The maximum atomic E-state index is 12.3. The third-order valence-corrected chi connectivity index (χ3v) is 4.69. The van der Waals surface area contributed by atoms with Gasteiger partial charge in [0.1, 0.15) is 18.7 Å². The summed E-state index contributed by atoms with van der Waals surface area (Å²) in [4.78, 5) is 16.2. The molecule has 0 aliphatic heterocycles. The topological polar surface area (TPSA) is 127 Å². The van der Waals surface area contributed by atoms with Crippen molar-refractivity contribution in [3.63, 3.8) is 0 Å². The van der Waals surface area contributed by atoms with E-state index in [9.17, 15) is 4.79 Å². The average Bonchev–Trinajstić information content (AvgIpc) is 3.24. The number of aromatic nitrogens is 7. The highest BCUT2D eigenvalue weighted by atomic mass is 16.1. The van der Waals surface area contributed by atoms with Crippen LogP contribution in [0.25, 0.3) is 5.82 Å². The van der Waals surface area contributed by atoms with Gasteiger partial charge in [-0.05, 0) is 37.8 Å². The second-order valence-corrected chi connectivity index (χ2v) is 6.37. The Labute approximate surface area is 154 Å². The molecular weight excluding hydrogens is 346 g/mol. The van der Waals surface area contributed by atoms with Crippen LogP contribution in [0.2, 0.25) is 0 Å². The maximum absolute atomic E-state index is 12.3. The molecule has 136 valence electrons. The van der Waals surface area contributed by atoms with E-state index < -0.39 is 0 Å². The first-order chi connectivity index (χ1) is 13.2. The average molecular weight is 363 g/mol. The van der Waals surface area contributed by atoms with Crippen molar-refractivity contribution >= 4 is 5.82 Å². The highest BCUT2D eigenvalue weighted by Crippen LogP contribution is 2.29. The summed E-state index contributed by atoms with van der Waals surface area (Å²) < 4.78 is 3.07. The lowest BCUT2D eigenvalue weighted by atomic mass is 9.91. The van der Waals surface area contributed by atoms with Gasteiger partial charge in [0.2, 0.25) is 0 Å². The van der Waals surface area contributed by atoms with E-state index in [-0.39, 0.29) is 17.6 Å². The van der Waals surface area contributed by atoms with E-state index in [1.165, 1.54) is 28.0 Å². The molecule has 1 saturated carbocycles. The van der Waals surface area contributed by atoms with Crippen molar-refractivity contribution in [2.45, 2.75) is 37.8 Å². The Kier molecular flexibility index (Phi) is 4.57. The minimum absolute atomic E-state index is 0.0244. The van der Waals surface area contributed by atoms with Crippen LogP contribution in [0.3, 0.4) is 0 Å². The monoisotopic (exact) mass is 363 g/mol. The molecule has 0 radical (unpaired) electrons. The molecule has 4 rings (SSSR count). The Morgan fingerprint density at radius 2 is 2.04 bits per heavy atom. The summed E-state index contributed by atoms with van der Waals surface area (Å²) in [6.45, 7) is 0. The first-order valence-electron chi connectivity index (χ1n) is 8.68. The molecule has 10 nitrogen and oxygen atoms in total. The molecule has 3 aromatic heterocycles. The van der Waals surface area contributed by atoms with Crippen LogP contribution in [-0.2, 0) is 0 Å². The number of hydrogen-bond donors (Lipinski definition) is 1. The van der Waals surface area contributed by atoms with E-state index in [1.807, 2.05) is 0 Å². The van der Waals surface area contributed by atoms with Gasteiger partial charge in [-0.25, -0.2) is 14.3 Å². The number of anilines is 1. The van der Waals surface area contributed by atoms with Crippen LogP contribution >= 0.6 is 0 Å². The smallest absolute Gasteiger partial charge is 0.267 e. The summed E-state index contributed by atoms with van der Waals surface area (Å²) in [5, 5.41) is 28.8. The fourth-order valence-corrected chi connectivity index (χ4v) is 3.31. The summed E-state index contributed by atoms with van der Waals surface area (Å²) in [5.41, 5.74) is 0.349. The molecule has 0 atom stereocenters. The standard InChI is InChI=1S/C17H17N9O/c18-9-12-7-8-20-23-17(12)22-13-1-3-14(4-2-13)26-16(27)6-5-15(24-26)25-11-19-10-21-25/h5-8,10-11,13-14H,1-4H2,(H,22,23). The third-order valence-electron chi connectivity index (χ3n) is 4.69. The first-order valence-corrected chi connectivity index (χ1v) is 8.68. The molecule has 3 aromatic rings. The lowest BCUT2D eigenvalue weighted by Gasteiger charge is -2.29. The van der Waals surface area contributed by atoms with E-state index in [1.54, 1.807) is 18.5 Å². The van der Waals surface area contributed by atoms with Gasteiger partial charge in [-0.3, -0.25) is 4.79 Å². The van der Waals surface area contributed by atoms with E-state index in [4.69, 9.17) is 5.26 Å². The molecule has 0 amide bonds. The van der Waals surface area contributed by atoms with Gasteiger partial charge in [-0.1, -0.05) is 0 Å². The summed E-state index contributed by atoms with van der Waals surface area (Å²) in [6, 6.07) is 7.10. The van der Waals surface area contributed by atoms with Crippen molar-refractivity contribution in [3.05, 3.63) is 53.0 Å². The summed E-state index contributed by atoms with van der Waals surface area (Å²) in [6.07, 6.45) is 7.76. The van der Waals surface area contributed by atoms with Crippen molar-refractivity contribution in [3.8, 4) is 11.9 Å². The number of rotatable bonds is 4. The number of hydrogen-bond acceptors (Lipinski definition) is 8. The predicted molar refractivity (Wildman–Crippen MR) is 95.1 cm³/mol. The fraction of sp³-hybridized carbons (Fsp3) is 0.353. The highest BCUT2D eigenvalue weighted by Gasteiger charge is 2.25. The van der Waals surface area contributed by atoms with Crippen molar-refractivity contribution < 1.29 is 0 Å². The molecule has 0 saturated heterocycles. The summed E-state index contributed by atoms with van der Waals surface area (Å²) >= 11 is 0. The van der Waals surface area contributed by atoms with Gasteiger partial charge >= 0.3 is 0 Å². The van der Waals surface area contributed by atoms with Crippen molar-refractivity contribution in [2.24, 2.45) is 0 Å². The minimum atomic E-state index is -0.129. The quantitative estimate of drug-likeness (QED) is 0.729. The second-order valence-electron chi connectivity index (χ2n) is 6.37. The Bertz CT molecular complexity index is 1010. The zero-order valence-corrected chi connectivity index (χ0v) is 14.4. The van der Waals surface area contributed by atoms with Gasteiger partial charge in [0.25, 0.3) is 5.56 Å². The van der Waals surface area contributed by atoms with E-state index in [2.05, 4.69) is 36.8 Å². The molecule has 0 spiro atoms. The number of nitrogens with zero attached hydrogens (tertiary/aromatic N) is 8. The zero-order valence-electron chi connectivity index (χ0n) is 14.4. The molecule has 27 heavy (non-hydrogen) atoms. The molecular formula is C17H17N9O. The third kappa shape index (κ3) is 3.52. The number of nitrogens with one attached hydrogen (secondary N) is 1. The molecule has 1 aliphatic carbocycles. The Balaban J connectivity index is 1.46. The Morgan fingerprint density at radius 1 is 1.19 bits per heavy atom.